The topological polar surface area (TPSA) is 63.3 Å². The number of benzene rings is 1. The van der Waals surface area contributed by atoms with Gasteiger partial charge in [-0.2, -0.15) is 0 Å². The molecule has 0 aromatic heterocycles. The molecule has 0 fully saturated rings. The van der Waals surface area contributed by atoms with Gasteiger partial charge in [-0.25, -0.2) is 0 Å². The van der Waals surface area contributed by atoms with E-state index < -0.39 is 10.7 Å². The Morgan fingerprint density at radius 3 is 2.75 bits per heavy atom. The number of aliphatic carboxylic acids is 1. The maximum absolute atomic E-state index is 11.0. The molecule has 0 saturated heterocycles. The van der Waals surface area contributed by atoms with Crippen LogP contribution < -0.4 is 5.73 Å². The average molecular weight is 239 g/mol. The summed E-state index contributed by atoms with van der Waals surface area (Å²) in [6.45, 7) is 4.02. The Hall–Kier alpha value is -1.00. The first-order valence-electron chi connectivity index (χ1n) is 5.17. The van der Waals surface area contributed by atoms with Crippen LogP contribution in [0.25, 0.3) is 0 Å². The van der Waals surface area contributed by atoms with Gasteiger partial charge in [0.1, 0.15) is 4.75 Å². The number of hydrogen-bond acceptors (Lipinski definition) is 3. The number of thioether (sulfide) groups is 1. The number of carboxylic acid groups (broad SMARTS) is 1. The van der Waals surface area contributed by atoms with Crippen molar-refractivity contribution in [2.24, 2.45) is 5.73 Å². The molecule has 3 nitrogen and oxygen atoms in total. The third-order valence-corrected chi connectivity index (χ3v) is 3.39. The minimum Gasteiger partial charge on any atom is -0.480 e. The Labute approximate surface area is 100 Å². The highest BCUT2D eigenvalue weighted by Gasteiger charge is 2.28. The number of hydrogen-bond donors (Lipinski definition) is 2. The SMILES string of the molecule is CC(C)(Sc1cccc(CCN)c1)C(=O)O. The fraction of sp³-hybridized carbons (Fsp3) is 0.417. The summed E-state index contributed by atoms with van der Waals surface area (Å²) in [5.41, 5.74) is 6.63. The lowest BCUT2D eigenvalue weighted by Crippen LogP contribution is -2.26. The van der Waals surface area contributed by atoms with Crippen LogP contribution in [0.3, 0.4) is 0 Å². The second-order valence-electron chi connectivity index (χ2n) is 4.10. The van der Waals surface area contributed by atoms with Gasteiger partial charge < -0.3 is 10.8 Å². The van der Waals surface area contributed by atoms with Crippen LogP contribution >= 0.6 is 11.8 Å². The van der Waals surface area contributed by atoms with Crippen molar-refractivity contribution in [3.8, 4) is 0 Å². The monoisotopic (exact) mass is 239 g/mol. The summed E-state index contributed by atoms with van der Waals surface area (Å²) in [5.74, 6) is -0.804. The normalized spacial score (nSPS) is 11.4. The van der Waals surface area contributed by atoms with E-state index in [-0.39, 0.29) is 0 Å². The zero-order valence-corrected chi connectivity index (χ0v) is 10.4. The van der Waals surface area contributed by atoms with Crippen molar-refractivity contribution in [3.63, 3.8) is 0 Å². The van der Waals surface area contributed by atoms with Gasteiger partial charge >= 0.3 is 5.97 Å². The lowest BCUT2D eigenvalue weighted by atomic mass is 10.1. The van der Waals surface area contributed by atoms with E-state index in [9.17, 15) is 4.79 Å². The highest BCUT2D eigenvalue weighted by atomic mass is 32.2. The highest BCUT2D eigenvalue weighted by molar-refractivity contribution is 8.01. The minimum atomic E-state index is -0.804. The number of carbonyl (C=O) groups is 1. The molecule has 16 heavy (non-hydrogen) atoms. The van der Waals surface area contributed by atoms with Gasteiger partial charge in [0.15, 0.2) is 0 Å². The Morgan fingerprint density at radius 1 is 1.50 bits per heavy atom. The van der Waals surface area contributed by atoms with Gasteiger partial charge in [-0.1, -0.05) is 12.1 Å². The molecule has 0 spiro atoms. The molecule has 3 N–H and O–H groups in total. The van der Waals surface area contributed by atoms with Crippen molar-refractivity contribution in [3.05, 3.63) is 29.8 Å². The summed E-state index contributed by atoms with van der Waals surface area (Å²) in [4.78, 5) is 12.0. The van der Waals surface area contributed by atoms with Crippen molar-refractivity contribution in [1.82, 2.24) is 0 Å². The molecule has 0 radical (unpaired) electrons. The molecule has 0 unspecified atom stereocenters. The molecule has 0 aliphatic rings. The third-order valence-electron chi connectivity index (χ3n) is 2.22. The van der Waals surface area contributed by atoms with E-state index in [4.69, 9.17) is 10.8 Å². The number of nitrogens with two attached hydrogens (primary N) is 1. The second kappa shape index (κ2) is 5.37. The van der Waals surface area contributed by atoms with Crippen LogP contribution in [-0.2, 0) is 11.2 Å². The van der Waals surface area contributed by atoms with E-state index >= 15 is 0 Å². The maximum atomic E-state index is 11.0. The quantitative estimate of drug-likeness (QED) is 0.773. The van der Waals surface area contributed by atoms with Crippen molar-refractivity contribution in [2.45, 2.75) is 29.9 Å². The van der Waals surface area contributed by atoms with E-state index in [2.05, 4.69) is 0 Å². The van der Waals surface area contributed by atoms with Gasteiger partial charge in [-0.05, 0) is 44.5 Å². The summed E-state index contributed by atoms with van der Waals surface area (Å²) in [6.07, 6.45) is 0.821. The van der Waals surface area contributed by atoms with Gasteiger partial charge in [-0.15, -0.1) is 11.8 Å². The molecule has 0 saturated carbocycles. The summed E-state index contributed by atoms with van der Waals surface area (Å²) in [5, 5.41) is 9.03. The number of carboxylic acids is 1. The van der Waals surface area contributed by atoms with Gasteiger partial charge in [-0.3, -0.25) is 4.79 Å². The predicted octanol–water partition coefficient (Wildman–Crippen LogP) is 2.14. The largest absolute Gasteiger partial charge is 0.480 e. The smallest absolute Gasteiger partial charge is 0.319 e. The molecule has 4 heteroatoms. The van der Waals surface area contributed by atoms with E-state index in [0.29, 0.717) is 6.54 Å². The Kier molecular flexibility index (Phi) is 4.38. The predicted molar refractivity (Wildman–Crippen MR) is 66.8 cm³/mol. The first-order chi connectivity index (χ1) is 7.45. The second-order valence-corrected chi connectivity index (χ2v) is 5.80. The molecule has 0 amide bonds. The summed E-state index contributed by atoms with van der Waals surface area (Å²) in [7, 11) is 0. The molecule has 0 atom stereocenters. The fourth-order valence-corrected chi connectivity index (χ4v) is 2.30. The van der Waals surface area contributed by atoms with Crippen LogP contribution in [0.1, 0.15) is 19.4 Å². The van der Waals surface area contributed by atoms with Crippen LogP contribution in [0.4, 0.5) is 0 Å². The molecule has 0 heterocycles. The number of rotatable bonds is 5. The molecule has 1 aromatic carbocycles. The van der Waals surface area contributed by atoms with E-state index in [0.717, 1.165) is 16.9 Å². The van der Waals surface area contributed by atoms with Crippen LogP contribution in [0.2, 0.25) is 0 Å². The van der Waals surface area contributed by atoms with E-state index in [1.165, 1.54) is 11.8 Å². The fourth-order valence-electron chi connectivity index (χ4n) is 1.27. The van der Waals surface area contributed by atoms with Gasteiger partial charge in [0.2, 0.25) is 0 Å². The van der Waals surface area contributed by atoms with Crippen LogP contribution in [0.15, 0.2) is 29.2 Å². The Morgan fingerprint density at radius 2 is 2.19 bits per heavy atom. The zero-order chi connectivity index (χ0) is 12.2. The average Bonchev–Trinajstić information content (AvgIpc) is 2.17. The minimum absolute atomic E-state index is 0.608. The van der Waals surface area contributed by atoms with E-state index in [1.807, 2.05) is 24.3 Å². The molecule has 0 aliphatic carbocycles. The third kappa shape index (κ3) is 3.54. The van der Waals surface area contributed by atoms with Crippen LogP contribution in [0.5, 0.6) is 0 Å². The molecule has 0 aliphatic heterocycles. The maximum Gasteiger partial charge on any atom is 0.319 e. The zero-order valence-electron chi connectivity index (χ0n) is 9.56. The first-order valence-corrected chi connectivity index (χ1v) is 5.99. The summed E-state index contributed by atoms with van der Waals surface area (Å²) < 4.78 is -0.804. The van der Waals surface area contributed by atoms with Gasteiger partial charge in [0.05, 0.1) is 0 Å². The first kappa shape index (κ1) is 13.1. The van der Waals surface area contributed by atoms with Gasteiger partial charge in [0.25, 0.3) is 0 Å². The lowest BCUT2D eigenvalue weighted by Gasteiger charge is -2.18. The Bertz CT molecular complexity index is 377. The van der Waals surface area contributed by atoms with Gasteiger partial charge in [0, 0.05) is 4.90 Å². The van der Waals surface area contributed by atoms with Crippen molar-refractivity contribution in [1.29, 1.82) is 0 Å². The highest BCUT2D eigenvalue weighted by Crippen LogP contribution is 2.32. The molecular formula is C12H17NO2S. The molecule has 1 rings (SSSR count). The summed E-state index contributed by atoms with van der Waals surface area (Å²) >= 11 is 1.35. The molecular weight excluding hydrogens is 222 g/mol. The lowest BCUT2D eigenvalue weighted by molar-refractivity contribution is -0.138. The summed E-state index contributed by atoms with van der Waals surface area (Å²) in [6, 6.07) is 7.87. The standard InChI is InChI=1S/C12H17NO2S/c1-12(2,11(14)15)16-10-5-3-4-9(8-10)6-7-13/h3-5,8H,6-7,13H2,1-2H3,(H,14,15). The van der Waals surface area contributed by atoms with Crippen LogP contribution in [-0.4, -0.2) is 22.4 Å². The Balaban J connectivity index is 2.81. The molecule has 88 valence electrons. The van der Waals surface area contributed by atoms with Crippen molar-refractivity contribution >= 4 is 17.7 Å². The molecule has 0 bridgehead atoms. The van der Waals surface area contributed by atoms with Crippen molar-refractivity contribution < 1.29 is 9.90 Å². The van der Waals surface area contributed by atoms with E-state index in [1.54, 1.807) is 13.8 Å². The van der Waals surface area contributed by atoms with Crippen molar-refractivity contribution in [2.75, 3.05) is 6.54 Å². The molecule has 1 aromatic rings. The van der Waals surface area contributed by atoms with Crippen LogP contribution in [0, 0.1) is 0 Å².